The number of ether oxygens (including phenoxy) is 1. The molecule has 0 bridgehead atoms. The summed E-state index contributed by atoms with van der Waals surface area (Å²) in [6.07, 6.45) is 5.45. The fourth-order valence-electron chi connectivity index (χ4n) is 3.30. The molecule has 0 radical (unpaired) electrons. The van der Waals surface area contributed by atoms with Crippen LogP contribution in [0.3, 0.4) is 0 Å². The van der Waals surface area contributed by atoms with E-state index in [-0.39, 0.29) is 12.0 Å². The molecule has 4 nitrogen and oxygen atoms in total. The van der Waals surface area contributed by atoms with Crippen molar-refractivity contribution in [2.45, 2.75) is 25.9 Å². The molecule has 1 aliphatic heterocycles. The number of piperidine rings is 1. The van der Waals surface area contributed by atoms with E-state index >= 15 is 0 Å². The molecular formula is C20H24N2O2S. The van der Waals surface area contributed by atoms with Gasteiger partial charge in [-0.2, -0.15) is 0 Å². The summed E-state index contributed by atoms with van der Waals surface area (Å²) in [5.41, 5.74) is 2.17. The van der Waals surface area contributed by atoms with Crippen molar-refractivity contribution in [3.05, 3.63) is 58.1 Å². The molecular weight excluding hydrogens is 332 g/mol. The maximum absolute atomic E-state index is 12.5. The van der Waals surface area contributed by atoms with E-state index in [0.29, 0.717) is 12.5 Å². The largest absolute Gasteiger partial charge is 0.379 e. The zero-order chi connectivity index (χ0) is 17.6. The highest BCUT2D eigenvalue weighted by atomic mass is 32.1. The van der Waals surface area contributed by atoms with Gasteiger partial charge in [-0.1, -0.05) is 30.3 Å². The molecule has 1 aromatic carbocycles. The molecule has 0 saturated carbocycles. The molecule has 1 fully saturated rings. The van der Waals surface area contributed by atoms with Gasteiger partial charge >= 0.3 is 0 Å². The molecule has 1 amide bonds. The van der Waals surface area contributed by atoms with E-state index in [4.69, 9.17) is 4.74 Å². The van der Waals surface area contributed by atoms with Crippen molar-refractivity contribution in [3.8, 4) is 0 Å². The number of rotatable bonds is 5. The standard InChI is InChI=1S/C20H24N2O2S/c1-15-21-18(14-25-15)8-9-20(23)22-11-10-17(19(13-22)24-2)12-16-6-4-3-5-7-16/h3-9,14,17,19H,10-13H2,1-2H3/b9-8+/t17-,19+/m1/s1. The molecule has 2 aromatic rings. The van der Waals surface area contributed by atoms with Gasteiger partial charge < -0.3 is 9.64 Å². The first kappa shape index (κ1) is 17.8. The Hall–Kier alpha value is -1.98. The number of nitrogens with zero attached hydrogens (tertiary/aromatic N) is 2. The Bertz CT molecular complexity index is 726. The summed E-state index contributed by atoms with van der Waals surface area (Å²) < 4.78 is 5.69. The minimum atomic E-state index is 0.0332. The third-order valence-electron chi connectivity index (χ3n) is 4.68. The fraction of sp³-hybridized carbons (Fsp3) is 0.400. The molecule has 0 N–H and O–H groups in total. The molecule has 25 heavy (non-hydrogen) atoms. The number of carbonyl (C=O) groups excluding carboxylic acids is 1. The summed E-state index contributed by atoms with van der Waals surface area (Å²) >= 11 is 1.59. The average Bonchev–Trinajstić information content (AvgIpc) is 3.06. The molecule has 1 aromatic heterocycles. The quantitative estimate of drug-likeness (QED) is 0.769. The lowest BCUT2D eigenvalue weighted by Crippen LogP contribution is -2.47. The number of carbonyl (C=O) groups is 1. The van der Waals surface area contributed by atoms with Gasteiger partial charge in [-0.25, -0.2) is 4.98 Å². The van der Waals surface area contributed by atoms with Crippen LogP contribution in [0, 0.1) is 12.8 Å². The van der Waals surface area contributed by atoms with Crippen LogP contribution in [0.25, 0.3) is 6.08 Å². The van der Waals surface area contributed by atoms with E-state index in [9.17, 15) is 4.79 Å². The third kappa shape index (κ3) is 4.77. The van der Waals surface area contributed by atoms with Crippen LogP contribution in [-0.2, 0) is 16.0 Å². The minimum Gasteiger partial charge on any atom is -0.379 e. The third-order valence-corrected chi connectivity index (χ3v) is 5.48. The predicted molar refractivity (Wildman–Crippen MR) is 102 cm³/mol. The van der Waals surface area contributed by atoms with Gasteiger partial charge in [-0.3, -0.25) is 4.79 Å². The lowest BCUT2D eigenvalue weighted by atomic mass is 9.87. The molecule has 2 heterocycles. The van der Waals surface area contributed by atoms with Crippen LogP contribution in [0.15, 0.2) is 41.8 Å². The van der Waals surface area contributed by atoms with E-state index in [1.165, 1.54) is 5.56 Å². The number of amides is 1. The number of hydrogen-bond acceptors (Lipinski definition) is 4. The van der Waals surface area contributed by atoms with Crippen LogP contribution in [-0.4, -0.2) is 42.1 Å². The molecule has 3 rings (SSSR count). The summed E-state index contributed by atoms with van der Waals surface area (Å²) in [5, 5.41) is 2.97. The number of benzene rings is 1. The monoisotopic (exact) mass is 356 g/mol. The van der Waals surface area contributed by atoms with E-state index in [2.05, 4.69) is 29.2 Å². The molecule has 1 aliphatic rings. The van der Waals surface area contributed by atoms with Crippen LogP contribution >= 0.6 is 11.3 Å². The number of thiazole rings is 1. The van der Waals surface area contributed by atoms with Crippen LogP contribution in [0.4, 0.5) is 0 Å². The zero-order valence-electron chi connectivity index (χ0n) is 14.7. The first-order valence-corrected chi connectivity index (χ1v) is 9.49. The van der Waals surface area contributed by atoms with Crippen LogP contribution in [0.5, 0.6) is 0 Å². The Morgan fingerprint density at radius 3 is 2.88 bits per heavy atom. The Labute approximate surface area is 153 Å². The molecule has 5 heteroatoms. The van der Waals surface area contributed by atoms with Crippen molar-refractivity contribution in [2.75, 3.05) is 20.2 Å². The van der Waals surface area contributed by atoms with Crippen LogP contribution < -0.4 is 0 Å². The van der Waals surface area contributed by atoms with Crippen molar-refractivity contribution in [2.24, 2.45) is 5.92 Å². The number of aryl methyl sites for hydroxylation is 1. The Balaban J connectivity index is 1.58. The smallest absolute Gasteiger partial charge is 0.246 e. The topological polar surface area (TPSA) is 42.4 Å². The average molecular weight is 356 g/mol. The molecule has 132 valence electrons. The van der Waals surface area contributed by atoms with Gasteiger partial charge in [-0.05, 0) is 37.3 Å². The first-order chi connectivity index (χ1) is 12.2. The Morgan fingerprint density at radius 2 is 2.20 bits per heavy atom. The summed E-state index contributed by atoms with van der Waals surface area (Å²) in [6, 6.07) is 10.5. The van der Waals surface area contributed by atoms with E-state index in [0.717, 1.165) is 30.1 Å². The lowest BCUT2D eigenvalue weighted by Gasteiger charge is -2.37. The van der Waals surface area contributed by atoms with Crippen molar-refractivity contribution in [3.63, 3.8) is 0 Å². The molecule has 1 saturated heterocycles. The van der Waals surface area contributed by atoms with Crippen molar-refractivity contribution in [1.82, 2.24) is 9.88 Å². The highest BCUT2D eigenvalue weighted by Crippen LogP contribution is 2.24. The second kappa shape index (κ2) is 8.41. The van der Waals surface area contributed by atoms with Gasteiger partial charge in [0, 0.05) is 31.7 Å². The van der Waals surface area contributed by atoms with Gasteiger partial charge in [0.15, 0.2) is 0 Å². The molecule has 2 atom stereocenters. The summed E-state index contributed by atoms with van der Waals surface area (Å²) in [7, 11) is 1.74. The maximum Gasteiger partial charge on any atom is 0.246 e. The summed E-state index contributed by atoms with van der Waals surface area (Å²) in [5.74, 6) is 0.479. The van der Waals surface area contributed by atoms with E-state index < -0.39 is 0 Å². The number of hydrogen-bond donors (Lipinski definition) is 0. The van der Waals surface area contributed by atoms with Crippen LogP contribution in [0.2, 0.25) is 0 Å². The Kier molecular flexibility index (Phi) is 6.00. The Morgan fingerprint density at radius 1 is 1.40 bits per heavy atom. The second-order valence-electron chi connectivity index (χ2n) is 6.42. The zero-order valence-corrected chi connectivity index (χ0v) is 15.5. The first-order valence-electron chi connectivity index (χ1n) is 8.61. The molecule has 0 unspecified atom stereocenters. The highest BCUT2D eigenvalue weighted by Gasteiger charge is 2.30. The SMILES string of the molecule is CO[C@H]1CN(C(=O)/C=C/c2csc(C)n2)CC[C@@H]1Cc1ccccc1. The van der Waals surface area contributed by atoms with E-state index in [1.54, 1.807) is 30.6 Å². The molecule has 0 spiro atoms. The number of likely N-dealkylation sites (tertiary alicyclic amines) is 1. The summed E-state index contributed by atoms with van der Waals surface area (Å²) in [4.78, 5) is 18.7. The van der Waals surface area contributed by atoms with Gasteiger partial charge in [0.05, 0.1) is 16.8 Å². The lowest BCUT2D eigenvalue weighted by molar-refractivity contribution is -0.131. The van der Waals surface area contributed by atoms with E-state index in [1.807, 2.05) is 23.3 Å². The molecule has 0 aliphatic carbocycles. The maximum atomic E-state index is 12.5. The predicted octanol–water partition coefficient (Wildman–Crippen LogP) is 3.57. The van der Waals surface area contributed by atoms with Gasteiger partial charge in [0.25, 0.3) is 0 Å². The normalized spacial score (nSPS) is 21.0. The fourth-order valence-corrected chi connectivity index (χ4v) is 3.88. The van der Waals surface area contributed by atoms with Crippen LogP contribution in [0.1, 0.15) is 22.7 Å². The second-order valence-corrected chi connectivity index (χ2v) is 7.48. The minimum absolute atomic E-state index is 0.0332. The van der Waals surface area contributed by atoms with Gasteiger partial charge in [-0.15, -0.1) is 11.3 Å². The summed E-state index contributed by atoms with van der Waals surface area (Å²) in [6.45, 7) is 3.38. The number of methoxy groups -OCH3 is 1. The van der Waals surface area contributed by atoms with Crippen molar-refractivity contribution >= 4 is 23.3 Å². The highest BCUT2D eigenvalue weighted by molar-refractivity contribution is 7.09. The van der Waals surface area contributed by atoms with Gasteiger partial charge in [0.1, 0.15) is 0 Å². The van der Waals surface area contributed by atoms with Crippen molar-refractivity contribution in [1.29, 1.82) is 0 Å². The van der Waals surface area contributed by atoms with Crippen molar-refractivity contribution < 1.29 is 9.53 Å². The van der Waals surface area contributed by atoms with Gasteiger partial charge in [0.2, 0.25) is 5.91 Å². The number of aromatic nitrogens is 1.